The molecule has 0 atom stereocenters. The maximum absolute atomic E-state index is 5.93. The third-order valence-corrected chi connectivity index (χ3v) is 6.81. The first-order chi connectivity index (χ1) is 17.3. The fourth-order valence-electron chi connectivity index (χ4n) is 4.85. The van der Waals surface area contributed by atoms with Gasteiger partial charge in [-0.2, -0.15) is 0 Å². The zero-order chi connectivity index (χ0) is 24.0. The minimum absolute atomic E-state index is 0.739. The molecule has 0 saturated heterocycles. The molecule has 0 fully saturated rings. The maximum atomic E-state index is 5.93. The van der Waals surface area contributed by atoms with E-state index in [9.17, 15) is 0 Å². The Bertz CT molecular complexity index is 1230. The predicted molar refractivity (Wildman–Crippen MR) is 144 cm³/mol. The molecule has 180 valence electrons. The second-order valence-corrected chi connectivity index (χ2v) is 9.21. The van der Waals surface area contributed by atoms with Crippen LogP contribution in [-0.4, -0.2) is 37.5 Å². The molecule has 2 aliphatic heterocycles. The van der Waals surface area contributed by atoms with Gasteiger partial charge in [0, 0.05) is 12.1 Å². The monoisotopic (exact) mass is 466 g/mol. The molecular weight excluding hydrogens is 432 g/mol. The van der Waals surface area contributed by atoms with E-state index in [1.165, 1.54) is 46.4 Å². The number of amidine groups is 1. The van der Waals surface area contributed by atoms with Crippen molar-refractivity contribution in [1.82, 2.24) is 4.90 Å². The summed E-state index contributed by atoms with van der Waals surface area (Å²) in [4.78, 5) is 7.14. The maximum Gasteiger partial charge on any atom is 0.161 e. The highest BCUT2D eigenvalue weighted by Crippen LogP contribution is 2.33. The third-order valence-electron chi connectivity index (χ3n) is 6.81. The molecule has 0 N–H and O–H groups in total. The Kier molecular flexibility index (Phi) is 7.17. The Hall–Kier alpha value is -3.53. The highest BCUT2D eigenvalue weighted by atomic mass is 16.5. The number of nitrogens with zero attached hydrogens (tertiary/aromatic N) is 2. The summed E-state index contributed by atoms with van der Waals surface area (Å²) in [7, 11) is 1.71. The van der Waals surface area contributed by atoms with Crippen LogP contribution in [0, 0.1) is 0 Å². The van der Waals surface area contributed by atoms with Crippen molar-refractivity contribution in [3.05, 3.63) is 94.5 Å². The van der Waals surface area contributed by atoms with Gasteiger partial charge in [0.05, 0.1) is 26.0 Å². The van der Waals surface area contributed by atoms with Crippen LogP contribution in [0.25, 0.3) is 11.8 Å². The van der Waals surface area contributed by atoms with Crippen molar-refractivity contribution in [1.29, 1.82) is 0 Å². The van der Waals surface area contributed by atoms with Gasteiger partial charge in [-0.1, -0.05) is 74.4 Å². The summed E-state index contributed by atoms with van der Waals surface area (Å²) in [6, 6.07) is 23.9. The lowest BCUT2D eigenvalue weighted by molar-refractivity contribution is 0.286. The van der Waals surface area contributed by atoms with Crippen LogP contribution in [0.3, 0.4) is 0 Å². The standard InChI is InChI=1S/C31H34N2O2/c1-3-4-7-20-35-29-17-14-24(21-30(29)34-2)11-10-23-12-15-25(16-13-23)28-22-26-8-5-6-9-27(26)31-32-18-19-33(28)31/h5-6,8-9,12-17,21-22H,3-4,7,10-11,18-20H2,1-2H3. The van der Waals surface area contributed by atoms with Gasteiger partial charge >= 0.3 is 0 Å². The van der Waals surface area contributed by atoms with Gasteiger partial charge < -0.3 is 14.4 Å². The normalized spacial score (nSPS) is 14.2. The molecular formula is C31H34N2O2. The summed E-state index contributed by atoms with van der Waals surface area (Å²) in [5.74, 6) is 2.76. The summed E-state index contributed by atoms with van der Waals surface area (Å²) < 4.78 is 11.5. The summed E-state index contributed by atoms with van der Waals surface area (Å²) >= 11 is 0. The van der Waals surface area contributed by atoms with Gasteiger partial charge in [0.25, 0.3) is 0 Å². The largest absolute Gasteiger partial charge is 0.493 e. The minimum Gasteiger partial charge on any atom is -0.493 e. The van der Waals surface area contributed by atoms with Crippen molar-refractivity contribution in [3.8, 4) is 11.5 Å². The number of methoxy groups -OCH3 is 1. The molecule has 35 heavy (non-hydrogen) atoms. The lowest BCUT2D eigenvalue weighted by Crippen LogP contribution is -2.30. The molecule has 2 aliphatic rings. The van der Waals surface area contributed by atoms with Crippen LogP contribution in [0.15, 0.2) is 71.7 Å². The second kappa shape index (κ2) is 10.8. The van der Waals surface area contributed by atoms with Crippen molar-refractivity contribution < 1.29 is 9.47 Å². The lowest BCUT2D eigenvalue weighted by atomic mass is 9.96. The van der Waals surface area contributed by atoms with E-state index in [4.69, 9.17) is 14.5 Å². The van der Waals surface area contributed by atoms with Crippen molar-refractivity contribution in [2.24, 2.45) is 4.99 Å². The SMILES string of the molecule is CCCCCOc1ccc(CCc2ccc(C3=Cc4ccccc4C4=NCCN34)cc2)cc1OC. The number of fused-ring (bicyclic) bond motifs is 3. The second-order valence-electron chi connectivity index (χ2n) is 9.21. The van der Waals surface area contributed by atoms with Crippen molar-refractivity contribution >= 4 is 17.6 Å². The zero-order valence-corrected chi connectivity index (χ0v) is 20.8. The molecule has 4 nitrogen and oxygen atoms in total. The fourth-order valence-corrected chi connectivity index (χ4v) is 4.85. The van der Waals surface area contributed by atoms with Crippen LogP contribution in [0.2, 0.25) is 0 Å². The summed E-state index contributed by atoms with van der Waals surface area (Å²) in [5, 5.41) is 0. The minimum atomic E-state index is 0.739. The van der Waals surface area contributed by atoms with Crippen LogP contribution in [0.5, 0.6) is 11.5 Å². The van der Waals surface area contributed by atoms with Gasteiger partial charge in [-0.05, 0) is 59.7 Å². The van der Waals surface area contributed by atoms with E-state index < -0.39 is 0 Å². The van der Waals surface area contributed by atoms with Gasteiger partial charge in [0.2, 0.25) is 0 Å². The van der Waals surface area contributed by atoms with Gasteiger partial charge in [-0.15, -0.1) is 0 Å². The number of aliphatic imine (C=N–C) groups is 1. The molecule has 0 amide bonds. The quantitative estimate of drug-likeness (QED) is 0.315. The summed E-state index contributed by atoms with van der Waals surface area (Å²) in [6.45, 7) is 4.73. The Morgan fingerprint density at radius 3 is 2.51 bits per heavy atom. The van der Waals surface area contributed by atoms with Crippen LogP contribution in [-0.2, 0) is 12.8 Å². The van der Waals surface area contributed by atoms with Crippen molar-refractivity contribution in [2.75, 3.05) is 26.8 Å². The molecule has 0 radical (unpaired) electrons. The third kappa shape index (κ3) is 5.12. The van der Waals surface area contributed by atoms with Gasteiger partial charge in [0.15, 0.2) is 11.5 Å². The molecule has 4 heteroatoms. The molecule has 0 bridgehead atoms. The molecule has 0 spiro atoms. The van der Waals surface area contributed by atoms with Crippen LogP contribution >= 0.6 is 0 Å². The van der Waals surface area contributed by atoms with E-state index in [1.54, 1.807) is 7.11 Å². The van der Waals surface area contributed by atoms with E-state index in [-0.39, 0.29) is 0 Å². The average molecular weight is 467 g/mol. The highest BCUT2D eigenvalue weighted by Gasteiger charge is 2.28. The average Bonchev–Trinajstić information content (AvgIpc) is 3.41. The molecule has 0 unspecified atom stereocenters. The molecule has 0 aromatic heterocycles. The van der Waals surface area contributed by atoms with Gasteiger partial charge in [-0.3, -0.25) is 4.99 Å². The summed E-state index contributed by atoms with van der Waals surface area (Å²) in [6.07, 6.45) is 7.71. The molecule has 2 heterocycles. The number of benzene rings is 3. The number of rotatable bonds is 10. The first-order valence-electron chi connectivity index (χ1n) is 12.8. The van der Waals surface area contributed by atoms with E-state index in [1.807, 2.05) is 6.07 Å². The first kappa shape index (κ1) is 23.2. The topological polar surface area (TPSA) is 34.1 Å². The number of hydrogen-bond acceptors (Lipinski definition) is 4. The number of hydrogen-bond donors (Lipinski definition) is 0. The molecule has 5 rings (SSSR count). The van der Waals surface area contributed by atoms with Crippen molar-refractivity contribution in [2.45, 2.75) is 39.0 Å². The lowest BCUT2D eigenvalue weighted by Gasteiger charge is -2.29. The van der Waals surface area contributed by atoms with E-state index in [0.717, 1.165) is 56.3 Å². The van der Waals surface area contributed by atoms with Gasteiger partial charge in [-0.25, -0.2) is 0 Å². The van der Waals surface area contributed by atoms with E-state index in [0.29, 0.717) is 0 Å². The van der Waals surface area contributed by atoms with Crippen LogP contribution in [0.4, 0.5) is 0 Å². The first-order valence-corrected chi connectivity index (χ1v) is 12.8. The fraction of sp³-hybridized carbons (Fsp3) is 0.323. The highest BCUT2D eigenvalue weighted by molar-refractivity contribution is 6.12. The van der Waals surface area contributed by atoms with Crippen LogP contribution in [0.1, 0.15) is 54.0 Å². The molecule has 0 aliphatic carbocycles. The number of ether oxygens (including phenoxy) is 2. The van der Waals surface area contributed by atoms with Crippen LogP contribution < -0.4 is 9.47 Å². The Balaban J connectivity index is 1.25. The smallest absolute Gasteiger partial charge is 0.161 e. The number of unbranched alkanes of at least 4 members (excludes halogenated alkanes) is 2. The Labute approximate surface area is 208 Å². The van der Waals surface area contributed by atoms with E-state index >= 15 is 0 Å². The molecule has 0 saturated carbocycles. The molecule has 3 aromatic carbocycles. The Morgan fingerprint density at radius 2 is 1.69 bits per heavy atom. The zero-order valence-electron chi connectivity index (χ0n) is 20.8. The number of aryl methyl sites for hydroxylation is 2. The Morgan fingerprint density at radius 1 is 0.886 bits per heavy atom. The van der Waals surface area contributed by atoms with E-state index in [2.05, 4.69) is 78.6 Å². The summed E-state index contributed by atoms with van der Waals surface area (Å²) in [5.41, 5.74) is 7.55. The predicted octanol–water partition coefficient (Wildman–Crippen LogP) is 6.62. The molecule has 3 aromatic rings. The van der Waals surface area contributed by atoms with Gasteiger partial charge in [0.1, 0.15) is 5.84 Å². The van der Waals surface area contributed by atoms with Crippen molar-refractivity contribution in [3.63, 3.8) is 0 Å².